The fourth-order valence-electron chi connectivity index (χ4n) is 4.21. The van der Waals surface area contributed by atoms with E-state index >= 15 is 0 Å². The van der Waals surface area contributed by atoms with E-state index < -0.39 is 42.9 Å². The molecule has 0 saturated carbocycles. The van der Waals surface area contributed by atoms with Crippen LogP contribution in [0.2, 0.25) is 5.02 Å². The summed E-state index contributed by atoms with van der Waals surface area (Å²) in [7, 11) is 0. The molecule has 0 spiro atoms. The Balaban J connectivity index is 1.89. The molecule has 1 aliphatic rings. The Morgan fingerprint density at radius 2 is 1.65 bits per heavy atom. The van der Waals surface area contributed by atoms with Crippen molar-refractivity contribution in [1.82, 2.24) is 5.32 Å². The lowest BCUT2D eigenvalue weighted by molar-refractivity contribution is -0.318. The van der Waals surface area contributed by atoms with E-state index in [1.165, 1.54) is 12.1 Å². The second kappa shape index (κ2) is 18.0. The Bertz CT molecular complexity index is 1120. The Morgan fingerprint density at radius 3 is 2.30 bits per heavy atom. The molecule has 1 saturated heterocycles. The number of carbonyl (C=O) groups excluding carboxylic acids is 2. The molecule has 238 valence electrons. The number of alkyl carbamates (subject to hydrolysis) is 1. The molecule has 1 heterocycles. The van der Waals surface area contributed by atoms with E-state index in [0.29, 0.717) is 42.5 Å². The summed E-state index contributed by atoms with van der Waals surface area (Å²) in [5, 5.41) is 5.84. The Labute approximate surface area is 257 Å². The molecular weight excluding hydrogens is 583 g/mol. The summed E-state index contributed by atoms with van der Waals surface area (Å²) in [4.78, 5) is 25.4. The summed E-state index contributed by atoms with van der Waals surface area (Å²) in [6.45, 7) is 8.81. The molecule has 1 fully saturated rings. The number of hydrogen-bond acceptors (Lipinski definition) is 8. The standard InChI is InChI=1S/C31H42ClFN2O8/c1-5-15-34-30(36)41-19-25-26(43-31(37)35-24-13-9-22(32)10-14-24)27(38-16-6-2)28(29(42-25)40-17-20(3)4)39-18-21-7-11-23(33)12-8-21/h7-14,20,25-29H,5-6,15-19H2,1-4H3,(H,34,36)(H,35,37)/t25-,26-,27+,28-,29-/m1/s1. The Morgan fingerprint density at radius 1 is 0.930 bits per heavy atom. The molecule has 3 rings (SSSR count). The first kappa shape index (κ1) is 34.5. The third kappa shape index (κ3) is 11.6. The molecule has 43 heavy (non-hydrogen) atoms. The molecule has 0 bridgehead atoms. The van der Waals surface area contributed by atoms with E-state index in [9.17, 15) is 14.0 Å². The van der Waals surface area contributed by atoms with Crippen LogP contribution in [-0.4, -0.2) is 69.3 Å². The molecule has 5 atom stereocenters. The third-order valence-electron chi connectivity index (χ3n) is 6.29. The van der Waals surface area contributed by atoms with Crippen molar-refractivity contribution in [3.63, 3.8) is 0 Å². The number of halogens is 2. The van der Waals surface area contributed by atoms with Crippen LogP contribution in [0.3, 0.4) is 0 Å². The largest absolute Gasteiger partial charge is 0.447 e. The predicted molar refractivity (Wildman–Crippen MR) is 159 cm³/mol. The highest BCUT2D eigenvalue weighted by atomic mass is 35.5. The van der Waals surface area contributed by atoms with Gasteiger partial charge in [-0.1, -0.05) is 51.4 Å². The van der Waals surface area contributed by atoms with Crippen LogP contribution in [0.1, 0.15) is 46.1 Å². The van der Waals surface area contributed by atoms with Crippen molar-refractivity contribution in [3.05, 3.63) is 64.9 Å². The van der Waals surface area contributed by atoms with Crippen LogP contribution in [0.5, 0.6) is 0 Å². The molecule has 2 aromatic carbocycles. The SMILES string of the molecule is CCCNC(=O)OC[C@H]1O[C@@H](OCC(C)C)[C@H](OCc2ccc(F)cc2)[C@@H](OCCC)[C@@H]1OC(=O)Nc1ccc(Cl)cc1. The fraction of sp³-hybridized carbons (Fsp3) is 0.548. The average molecular weight is 625 g/mol. The molecule has 2 aromatic rings. The van der Waals surface area contributed by atoms with E-state index in [4.69, 9.17) is 40.0 Å². The summed E-state index contributed by atoms with van der Waals surface area (Å²) in [6.07, 6.45) is -4.68. The third-order valence-corrected chi connectivity index (χ3v) is 6.54. The maximum atomic E-state index is 13.5. The van der Waals surface area contributed by atoms with Crippen LogP contribution in [0.25, 0.3) is 0 Å². The molecule has 0 aliphatic carbocycles. The van der Waals surface area contributed by atoms with Crippen molar-refractivity contribution in [1.29, 1.82) is 0 Å². The van der Waals surface area contributed by atoms with E-state index in [0.717, 1.165) is 6.42 Å². The normalized spacial score (nSPS) is 21.8. The number of rotatable bonds is 15. The zero-order valence-corrected chi connectivity index (χ0v) is 25.8. The molecule has 0 unspecified atom stereocenters. The quantitative estimate of drug-likeness (QED) is 0.237. The van der Waals surface area contributed by atoms with Crippen molar-refractivity contribution in [2.24, 2.45) is 5.92 Å². The number of benzene rings is 2. The topological polar surface area (TPSA) is 114 Å². The lowest BCUT2D eigenvalue weighted by Gasteiger charge is -2.45. The van der Waals surface area contributed by atoms with Crippen LogP contribution in [0.4, 0.5) is 19.7 Å². The molecule has 12 heteroatoms. The second-order valence-corrected chi connectivity index (χ2v) is 11.0. The van der Waals surface area contributed by atoms with Gasteiger partial charge in [0.15, 0.2) is 12.4 Å². The van der Waals surface area contributed by atoms with Gasteiger partial charge in [0.2, 0.25) is 0 Å². The van der Waals surface area contributed by atoms with Gasteiger partial charge in [-0.2, -0.15) is 0 Å². The molecule has 2 amide bonds. The summed E-state index contributed by atoms with van der Waals surface area (Å²) in [6, 6.07) is 12.5. The zero-order chi connectivity index (χ0) is 31.2. The summed E-state index contributed by atoms with van der Waals surface area (Å²) in [5.74, 6) is -0.192. The van der Waals surface area contributed by atoms with Gasteiger partial charge in [-0.3, -0.25) is 5.32 Å². The number of hydrogen-bond donors (Lipinski definition) is 2. The van der Waals surface area contributed by atoms with Gasteiger partial charge in [0.05, 0.1) is 13.2 Å². The highest BCUT2D eigenvalue weighted by Gasteiger charge is 2.50. The van der Waals surface area contributed by atoms with Crippen molar-refractivity contribution in [2.45, 2.75) is 77.8 Å². The first-order valence-corrected chi connectivity index (χ1v) is 15.0. The van der Waals surface area contributed by atoms with Gasteiger partial charge in [-0.25, -0.2) is 14.0 Å². The van der Waals surface area contributed by atoms with Crippen LogP contribution < -0.4 is 10.6 Å². The average Bonchev–Trinajstić information content (AvgIpc) is 2.98. The van der Waals surface area contributed by atoms with Gasteiger partial charge in [-0.15, -0.1) is 0 Å². The van der Waals surface area contributed by atoms with Crippen molar-refractivity contribution in [2.75, 3.05) is 31.7 Å². The number of nitrogens with one attached hydrogen (secondary N) is 2. The van der Waals surface area contributed by atoms with E-state index in [-0.39, 0.29) is 24.9 Å². The minimum atomic E-state index is -1.06. The van der Waals surface area contributed by atoms with Crippen LogP contribution in [0.15, 0.2) is 48.5 Å². The van der Waals surface area contributed by atoms with Crippen molar-refractivity contribution < 1.29 is 42.4 Å². The first-order chi connectivity index (χ1) is 20.7. The van der Waals surface area contributed by atoms with Gasteiger partial charge in [-0.05, 0) is 60.7 Å². The molecule has 0 aromatic heterocycles. The predicted octanol–water partition coefficient (Wildman–Crippen LogP) is 6.31. The zero-order valence-electron chi connectivity index (χ0n) is 25.1. The second-order valence-electron chi connectivity index (χ2n) is 10.5. The fourth-order valence-corrected chi connectivity index (χ4v) is 4.34. The van der Waals surface area contributed by atoms with Crippen LogP contribution >= 0.6 is 11.6 Å². The number of carbonyl (C=O) groups is 2. The van der Waals surface area contributed by atoms with Gasteiger partial charge in [0.25, 0.3) is 0 Å². The first-order valence-electron chi connectivity index (χ1n) is 14.6. The molecule has 2 N–H and O–H groups in total. The van der Waals surface area contributed by atoms with E-state index in [1.54, 1.807) is 36.4 Å². The minimum Gasteiger partial charge on any atom is -0.447 e. The van der Waals surface area contributed by atoms with Gasteiger partial charge < -0.3 is 33.7 Å². The lowest BCUT2D eigenvalue weighted by atomic mass is 9.98. The molecule has 1 aliphatic heterocycles. The maximum absolute atomic E-state index is 13.5. The smallest absolute Gasteiger partial charge is 0.412 e. The summed E-state index contributed by atoms with van der Waals surface area (Å²) < 4.78 is 49.8. The maximum Gasteiger partial charge on any atom is 0.412 e. The van der Waals surface area contributed by atoms with Crippen LogP contribution in [-0.2, 0) is 35.0 Å². The highest BCUT2D eigenvalue weighted by Crippen LogP contribution is 2.31. The number of ether oxygens (including phenoxy) is 6. The van der Waals surface area contributed by atoms with Gasteiger partial charge in [0.1, 0.15) is 30.7 Å². The monoisotopic (exact) mass is 624 g/mol. The number of anilines is 1. The van der Waals surface area contributed by atoms with Gasteiger partial charge in [0, 0.05) is 23.9 Å². The summed E-state index contributed by atoms with van der Waals surface area (Å²) >= 11 is 5.97. The molecular formula is C31H42ClFN2O8. The van der Waals surface area contributed by atoms with E-state index in [2.05, 4.69) is 10.6 Å². The molecule has 0 radical (unpaired) electrons. The minimum absolute atomic E-state index is 0.0894. The lowest BCUT2D eigenvalue weighted by Crippen LogP contribution is -2.62. The summed E-state index contributed by atoms with van der Waals surface area (Å²) in [5.41, 5.74) is 1.18. The van der Waals surface area contributed by atoms with Gasteiger partial charge >= 0.3 is 12.2 Å². The van der Waals surface area contributed by atoms with E-state index in [1.807, 2.05) is 27.7 Å². The van der Waals surface area contributed by atoms with Crippen LogP contribution in [0, 0.1) is 11.7 Å². The Kier molecular flexibility index (Phi) is 14.4. The van der Waals surface area contributed by atoms with Crippen molar-refractivity contribution >= 4 is 29.5 Å². The Hall–Kier alpha value is -2.96. The molecule has 10 nitrogen and oxygen atoms in total. The highest BCUT2D eigenvalue weighted by molar-refractivity contribution is 6.30. The van der Waals surface area contributed by atoms with Crippen molar-refractivity contribution in [3.8, 4) is 0 Å². The number of amides is 2.